The fourth-order valence-electron chi connectivity index (χ4n) is 3.75. The number of carboxylic acid groups (broad SMARTS) is 1. The Labute approximate surface area is 198 Å². The van der Waals surface area contributed by atoms with Gasteiger partial charge in [-0.2, -0.15) is 0 Å². The summed E-state index contributed by atoms with van der Waals surface area (Å²) in [6.07, 6.45) is -0.657. The molecule has 13 heteroatoms. The van der Waals surface area contributed by atoms with Gasteiger partial charge in [-0.3, -0.25) is 4.79 Å². The van der Waals surface area contributed by atoms with Gasteiger partial charge in [0.15, 0.2) is 5.01 Å². The number of aromatic nitrogens is 4. The molecule has 0 aliphatic carbocycles. The van der Waals surface area contributed by atoms with Crippen LogP contribution in [-0.4, -0.2) is 65.9 Å². The number of carbonyl (C=O) groups excluding carboxylic acids is 1. The maximum absolute atomic E-state index is 14.9. The van der Waals surface area contributed by atoms with Crippen molar-refractivity contribution in [3.8, 4) is 9.88 Å². The Balaban J connectivity index is 1.61. The molecule has 33 heavy (non-hydrogen) atoms. The van der Waals surface area contributed by atoms with Crippen LogP contribution < -0.4 is 0 Å². The lowest BCUT2D eigenvalue weighted by atomic mass is 10.0. The van der Waals surface area contributed by atoms with Crippen LogP contribution in [-0.2, 0) is 6.54 Å². The third kappa shape index (κ3) is 3.78. The van der Waals surface area contributed by atoms with Crippen LogP contribution in [0.2, 0.25) is 4.34 Å². The molecule has 0 spiro atoms. The third-order valence-corrected chi connectivity index (χ3v) is 7.57. The Hall–Kier alpha value is -2.93. The molecule has 1 aromatic carbocycles. The van der Waals surface area contributed by atoms with E-state index < -0.39 is 23.8 Å². The molecule has 2 N–H and O–H groups in total. The largest absolute Gasteiger partial charge is 0.475 e. The molecule has 4 aromatic rings. The summed E-state index contributed by atoms with van der Waals surface area (Å²) >= 11 is 8.62. The average Bonchev–Trinajstić information content (AvgIpc) is 3.44. The van der Waals surface area contributed by atoms with Crippen molar-refractivity contribution in [1.82, 2.24) is 24.6 Å². The van der Waals surface area contributed by atoms with Crippen molar-refractivity contribution >= 4 is 57.2 Å². The van der Waals surface area contributed by atoms with Gasteiger partial charge in [0, 0.05) is 13.1 Å². The second-order valence-electron chi connectivity index (χ2n) is 7.54. The fourth-order valence-corrected chi connectivity index (χ4v) is 5.67. The third-order valence-electron chi connectivity index (χ3n) is 5.26. The van der Waals surface area contributed by atoms with Gasteiger partial charge < -0.3 is 19.7 Å². The maximum atomic E-state index is 14.9. The maximum Gasteiger partial charge on any atom is 0.372 e. The molecule has 1 amide bonds. The lowest BCUT2D eigenvalue weighted by Crippen LogP contribution is -2.53. The highest BCUT2D eigenvalue weighted by molar-refractivity contribution is 7.23. The zero-order chi connectivity index (χ0) is 23.4. The van der Waals surface area contributed by atoms with Crippen LogP contribution in [0.5, 0.6) is 0 Å². The zero-order valence-electron chi connectivity index (χ0n) is 17.0. The average molecular weight is 508 g/mol. The van der Waals surface area contributed by atoms with Gasteiger partial charge in [0.25, 0.3) is 5.91 Å². The molecule has 0 atom stereocenters. The van der Waals surface area contributed by atoms with E-state index >= 15 is 0 Å². The fraction of sp³-hybridized carbons (Fsp3) is 0.250. The first-order valence-corrected chi connectivity index (χ1v) is 11.7. The number of carbonyl (C=O) groups is 2. The zero-order valence-corrected chi connectivity index (χ0v) is 19.3. The van der Waals surface area contributed by atoms with E-state index in [1.54, 1.807) is 13.0 Å². The van der Waals surface area contributed by atoms with E-state index in [2.05, 4.69) is 15.2 Å². The lowest BCUT2D eigenvalue weighted by molar-refractivity contribution is 0.00571. The summed E-state index contributed by atoms with van der Waals surface area (Å²) in [4.78, 5) is 31.1. The molecule has 9 nitrogen and oxygen atoms in total. The van der Waals surface area contributed by atoms with Gasteiger partial charge in [-0.15, -0.1) is 21.5 Å². The van der Waals surface area contributed by atoms with Gasteiger partial charge >= 0.3 is 5.97 Å². The normalized spacial score (nSPS) is 14.1. The van der Waals surface area contributed by atoms with Crippen LogP contribution in [0.25, 0.3) is 20.9 Å². The van der Waals surface area contributed by atoms with Crippen molar-refractivity contribution in [3.63, 3.8) is 0 Å². The van der Waals surface area contributed by atoms with Crippen LogP contribution in [0.15, 0.2) is 18.2 Å². The van der Waals surface area contributed by atoms with Crippen molar-refractivity contribution in [2.75, 3.05) is 13.1 Å². The summed E-state index contributed by atoms with van der Waals surface area (Å²) in [6, 6.07) is 4.76. The predicted octanol–water partition coefficient (Wildman–Crippen LogP) is 3.28. The summed E-state index contributed by atoms with van der Waals surface area (Å²) < 4.78 is 16.9. The van der Waals surface area contributed by atoms with Gasteiger partial charge in [-0.05, 0) is 30.7 Å². The van der Waals surface area contributed by atoms with E-state index in [4.69, 9.17) is 11.6 Å². The number of amides is 1. The number of halogens is 2. The second kappa shape index (κ2) is 8.13. The number of β-amino-alcohol motifs (C(OH)–C–C–N with tert-alkyl or cyclic N) is 1. The Kier molecular flexibility index (Phi) is 5.40. The monoisotopic (exact) mass is 507 g/mol. The van der Waals surface area contributed by atoms with E-state index in [0.29, 0.717) is 25.4 Å². The molecule has 0 bridgehead atoms. The Bertz CT molecular complexity index is 1430. The Morgan fingerprint density at radius 3 is 2.67 bits per heavy atom. The first-order chi connectivity index (χ1) is 15.7. The lowest BCUT2D eigenvalue weighted by Gasteiger charge is -2.36. The second-order valence-corrected chi connectivity index (χ2v) is 10.3. The van der Waals surface area contributed by atoms with Crippen molar-refractivity contribution < 1.29 is 24.2 Å². The molecule has 1 aliphatic heterocycles. The summed E-state index contributed by atoms with van der Waals surface area (Å²) in [5, 5.41) is 28.8. The van der Waals surface area contributed by atoms with Crippen LogP contribution in [0.4, 0.5) is 4.39 Å². The molecule has 3 aromatic heterocycles. The summed E-state index contributed by atoms with van der Waals surface area (Å²) in [6.45, 7) is 1.81. The highest BCUT2D eigenvalue weighted by Gasteiger charge is 2.34. The van der Waals surface area contributed by atoms with Crippen LogP contribution in [0, 0.1) is 12.7 Å². The highest BCUT2D eigenvalue weighted by atomic mass is 35.5. The molecule has 1 fully saturated rings. The van der Waals surface area contributed by atoms with Gasteiger partial charge in [-0.25, -0.2) is 14.2 Å². The summed E-state index contributed by atoms with van der Waals surface area (Å²) in [5.41, 5.74) is 0.410. The number of thiophene rings is 1. The molecule has 0 saturated carbocycles. The van der Waals surface area contributed by atoms with E-state index in [1.807, 2.05) is 6.07 Å². The molecule has 1 aliphatic rings. The van der Waals surface area contributed by atoms with Gasteiger partial charge in [0.05, 0.1) is 27.4 Å². The molecule has 5 rings (SSSR count). The molecular formula is C20H15ClFN5O4S2. The molecule has 170 valence electrons. The quantitative estimate of drug-likeness (QED) is 0.425. The van der Waals surface area contributed by atoms with Crippen LogP contribution in [0.1, 0.15) is 31.5 Å². The number of aryl methyl sites for hydroxylation is 1. The van der Waals surface area contributed by atoms with Gasteiger partial charge in [0.1, 0.15) is 21.9 Å². The molecule has 0 radical (unpaired) electrons. The van der Waals surface area contributed by atoms with Gasteiger partial charge in [-0.1, -0.05) is 22.9 Å². The van der Waals surface area contributed by atoms with Crippen LogP contribution >= 0.6 is 34.3 Å². The number of likely N-dealkylation sites (tertiary alicyclic amines) is 1. The van der Waals surface area contributed by atoms with Crippen molar-refractivity contribution in [3.05, 3.63) is 50.3 Å². The van der Waals surface area contributed by atoms with Crippen molar-refractivity contribution in [1.29, 1.82) is 0 Å². The standard InChI is InChI=1S/C20H15ClFN5O4S2/c1-8-4-10(22)14(19(29)26-5-9(28)6-26)15-16(8)27(17(23-15)20(30)31)7-13-24-25-18(33-13)11-2-3-12(21)32-11/h2-4,9,28H,5-7H2,1H3,(H,30,31). The van der Waals surface area contributed by atoms with Crippen molar-refractivity contribution in [2.45, 2.75) is 19.6 Å². The number of rotatable bonds is 5. The number of imidazole rings is 1. The minimum Gasteiger partial charge on any atom is -0.475 e. The summed E-state index contributed by atoms with van der Waals surface area (Å²) in [5.74, 6) is -3.09. The van der Waals surface area contributed by atoms with E-state index in [1.165, 1.54) is 38.2 Å². The first kappa shape index (κ1) is 21.9. The van der Waals surface area contributed by atoms with Crippen LogP contribution in [0.3, 0.4) is 0 Å². The number of hydrogen-bond acceptors (Lipinski definition) is 8. The number of carboxylic acids is 1. The minimum atomic E-state index is -1.32. The molecule has 1 saturated heterocycles. The van der Waals surface area contributed by atoms with Gasteiger partial charge in [0.2, 0.25) is 5.82 Å². The smallest absolute Gasteiger partial charge is 0.372 e. The number of aromatic carboxylic acids is 1. The number of aliphatic hydroxyl groups excluding tert-OH is 1. The van der Waals surface area contributed by atoms with Crippen molar-refractivity contribution in [2.24, 2.45) is 0 Å². The van der Waals surface area contributed by atoms with E-state index in [9.17, 15) is 24.2 Å². The molecular weight excluding hydrogens is 493 g/mol. The highest BCUT2D eigenvalue weighted by Crippen LogP contribution is 2.34. The number of aliphatic hydroxyl groups is 1. The predicted molar refractivity (Wildman–Crippen MR) is 121 cm³/mol. The number of hydrogen-bond donors (Lipinski definition) is 2. The topological polar surface area (TPSA) is 121 Å². The Morgan fingerprint density at radius 2 is 2.03 bits per heavy atom. The van der Waals surface area contributed by atoms with E-state index in [0.717, 1.165) is 4.88 Å². The summed E-state index contributed by atoms with van der Waals surface area (Å²) in [7, 11) is 0. The van der Waals surface area contributed by atoms with E-state index in [-0.39, 0.29) is 36.5 Å². The minimum absolute atomic E-state index is 0.0252. The molecule has 4 heterocycles. The molecule has 0 unspecified atom stereocenters. The number of fused-ring (bicyclic) bond motifs is 1. The number of nitrogens with zero attached hydrogens (tertiary/aromatic N) is 5. The SMILES string of the molecule is Cc1cc(F)c(C(=O)N2CC(O)C2)c2nc(C(=O)O)n(Cc3nnc(-c4ccc(Cl)s4)s3)c12. The number of benzene rings is 1. The Morgan fingerprint density at radius 1 is 1.27 bits per heavy atom. The first-order valence-electron chi connectivity index (χ1n) is 9.71.